The molecule has 4 rings (SSSR count). The topological polar surface area (TPSA) is 99.5 Å². The minimum Gasteiger partial charge on any atom is -0.493 e. The summed E-state index contributed by atoms with van der Waals surface area (Å²) in [5, 5.41) is 9.30. The molecular formula is C21H19N3O5S. The van der Waals surface area contributed by atoms with Crippen LogP contribution in [0.1, 0.15) is 10.4 Å². The first-order valence-electron chi connectivity index (χ1n) is 9.00. The maximum Gasteiger partial charge on any atom is 0.277 e. The normalized spacial score (nSPS) is 10.9. The second kappa shape index (κ2) is 8.50. The number of ether oxygens (including phenoxy) is 3. The first-order chi connectivity index (χ1) is 14.6. The van der Waals surface area contributed by atoms with E-state index < -0.39 is 0 Å². The Hall–Kier alpha value is -3.46. The van der Waals surface area contributed by atoms with Gasteiger partial charge in [0.2, 0.25) is 11.6 Å². The Balaban J connectivity index is 1.51. The van der Waals surface area contributed by atoms with Gasteiger partial charge in [0.05, 0.1) is 27.1 Å². The number of Topliss-reactive ketones (excluding diaryl/α,β-unsaturated/α-hetero) is 1. The molecule has 0 amide bonds. The molecule has 2 aromatic carbocycles. The lowest BCUT2D eigenvalue weighted by molar-refractivity contribution is 0.102. The van der Waals surface area contributed by atoms with Crippen LogP contribution in [0.3, 0.4) is 0 Å². The number of carbonyl (C=O) groups excluding carboxylic acids is 1. The maximum atomic E-state index is 12.6. The third kappa shape index (κ3) is 3.71. The quantitative estimate of drug-likeness (QED) is 0.331. The Morgan fingerprint density at radius 1 is 1.07 bits per heavy atom. The minimum absolute atomic E-state index is 0.0232. The van der Waals surface area contributed by atoms with Crippen LogP contribution in [0.15, 0.2) is 52.2 Å². The SMILES string of the molecule is COc1cc(-c2nnc(SCC(=O)c3c[nH]c4ccccc34)o2)cc(OC)c1OC. The van der Waals surface area contributed by atoms with Crippen molar-refractivity contribution >= 4 is 28.4 Å². The highest BCUT2D eigenvalue weighted by molar-refractivity contribution is 7.99. The van der Waals surface area contributed by atoms with E-state index in [1.807, 2.05) is 24.3 Å². The van der Waals surface area contributed by atoms with E-state index in [1.54, 1.807) is 18.3 Å². The zero-order chi connectivity index (χ0) is 21.1. The molecule has 0 unspecified atom stereocenters. The number of hydrogen-bond acceptors (Lipinski definition) is 8. The molecule has 1 N–H and O–H groups in total. The monoisotopic (exact) mass is 425 g/mol. The van der Waals surface area contributed by atoms with Crippen LogP contribution >= 0.6 is 11.8 Å². The number of thioether (sulfide) groups is 1. The maximum absolute atomic E-state index is 12.6. The number of fused-ring (bicyclic) bond motifs is 1. The number of benzene rings is 2. The molecule has 154 valence electrons. The molecule has 9 heteroatoms. The van der Waals surface area contributed by atoms with Gasteiger partial charge < -0.3 is 23.6 Å². The van der Waals surface area contributed by atoms with Gasteiger partial charge in [-0.3, -0.25) is 4.79 Å². The van der Waals surface area contributed by atoms with E-state index in [4.69, 9.17) is 18.6 Å². The van der Waals surface area contributed by atoms with Crippen molar-refractivity contribution in [3.05, 3.63) is 48.2 Å². The van der Waals surface area contributed by atoms with Gasteiger partial charge in [-0.25, -0.2) is 0 Å². The van der Waals surface area contributed by atoms with Crippen molar-refractivity contribution in [2.75, 3.05) is 27.1 Å². The number of nitrogens with one attached hydrogen (secondary N) is 1. The number of para-hydroxylation sites is 1. The van der Waals surface area contributed by atoms with Gasteiger partial charge >= 0.3 is 0 Å². The Kier molecular flexibility index (Phi) is 5.62. The molecule has 0 radical (unpaired) electrons. The second-order valence-electron chi connectivity index (χ2n) is 6.25. The number of rotatable bonds is 8. The fourth-order valence-corrected chi connectivity index (χ4v) is 3.74. The van der Waals surface area contributed by atoms with Gasteiger partial charge in [-0.2, -0.15) is 0 Å². The molecule has 8 nitrogen and oxygen atoms in total. The van der Waals surface area contributed by atoms with Crippen LogP contribution in [0.25, 0.3) is 22.4 Å². The van der Waals surface area contributed by atoms with Gasteiger partial charge in [-0.05, 0) is 18.2 Å². The highest BCUT2D eigenvalue weighted by Crippen LogP contribution is 2.41. The lowest BCUT2D eigenvalue weighted by atomic mass is 10.1. The molecule has 30 heavy (non-hydrogen) atoms. The molecular weight excluding hydrogens is 406 g/mol. The van der Waals surface area contributed by atoms with Crippen LogP contribution in [-0.4, -0.2) is 48.0 Å². The summed E-state index contributed by atoms with van der Waals surface area (Å²) in [5.41, 5.74) is 2.18. The number of aromatic amines is 1. The van der Waals surface area contributed by atoms with E-state index in [0.717, 1.165) is 10.9 Å². The third-order valence-electron chi connectivity index (χ3n) is 4.53. The molecule has 0 aliphatic rings. The van der Waals surface area contributed by atoms with Gasteiger partial charge in [-0.1, -0.05) is 30.0 Å². The first kappa shape index (κ1) is 19.8. The first-order valence-corrected chi connectivity index (χ1v) is 9.99. The fraction of sp³-hybridized carbons (Fsp3) is 0.190. The molecule has 0 saturated carbocycles. The van der Waals surface area contributed by atoms with Crippen LogP contribution in [-0.2, 0) is 0 Å². The molecule has 0 aliphatic carbocycles. The van der Waals surface area contributed by atoms with Crippen LogP contribution in [0.4, 0.5) is 0 Å². The number of aromatic nitrogens is 3. The van der Waals surface area contributed by atoms with Crippen molar-refractivity contribution in [2.24, 2.45) is 0 Å². The number of carbonyl (C=O) groups is 1. The summed E-state index contributed by atoms with van der Waals surface area (Å²) in [4.78, 5) is 15.7. The van der Waals surface area contributed by atoms with Crippen LogP contribution < -0.4 is 14.2 Å². The fourth-order valence-electron chi connectivity index (χ4n) is 3.10. The van der Waals surface area contributed by atoms with Crippen molar-refractivity contribution in [1.82, 2.24) is 15.2 Å². The van der Waals surface area contributed by atoms with Crippen molar-refractivity contribution in [2.45, 2.75) is 5.22 Å². The molecule has 0 bridgehead atoms. The number of ketones is 1. The van der Waals surface area contributed by atoms with Crippen LogP contribution in [0, 0.1) is 0 Å². The summed E-state index contributed by atoms with van der Waals surface area (Å²) in [7, 11) is 4.60. The van der Waals surface area contributed by atoms with E-state index in [9.17, 15) is 4.79 Å². The second-order valence-corrected chi connectivity index (χ2v) is 7.17. The number of hydrogen-bond donors (Lipinski definition) is 1. The summed E-state index contributed by atoms with van der Waals surface area (Å²) in [6, 6.07) is 11.1. The average molecular weight is 425 g/mol. The zero-order valence-electron chi connectivity index (χ0n) is 16.6. The van der Waals surface area contributed by atoms with Crippen molar-refractivity contribution < 1.29 is 23.4 Å². The van der Waals surface area contributed by atoms with E-state index in [-0.39, 0.29) is 17.4 Å². The highest BCUT2D eigenvalue weighted by Gasteiger charge is 2.19. The van der Waals surface area contributed by atoms with E-state index in [0.29, 0.717) is 33.6 Å². The molecule has 2 aromatic heterocycles. The van der Waals surface area contributed by atoms with Crippen molar-refractivity contribution in [3.8, 4) is 28.7 Å². The lowest BCUT2D eigenvalue weighted by Crippen LogP contribution is -2.01. The number of nitrogens with zero attached hydrogens (tertiary/aromatic N) is 2. The van der Waals surface area contributed by atoms with Crippen LogP contribution in [0.2, 0.25) is 0 Å². The molecule has 0 aliphatic heterocycles. The molecule has 0 atom stereocenters. The molecule has 0 spiro atoms. The predicted octanol–water partition coefficient (Wildman–Crippen LogP) is 4.22. The van der Waals surface area contributed by atoms with Gasteiger partial charge in [0.15, 0.2) is 17.3 Å². The van der Waals surface area contributed by atoms with Gasteiger partial charge in [0, 0.05) is 28.2 Å². The highest BCUT2D eigenvalue weighted by atomic mass is 32.2. The average Bonchev–Trinajstić information content (AvgIpc) is 3.43. The molecule has 2 heterocycles. The molecule has 0 saturated heterocycles. The Bertz CT molecular complexity index is 1180. The summed E-state index contributed by atoms with van der Waals surface area (Å²) in [6.45, 7) is 0. The van der Waals surface area contributed by atoms with Gasteiger partial charge in [-0.15, -0.1) is 10.2 Å². The van der Waals surface area contributed by atoms with Crippen molar-refractivity contribution in [3.63, 3.8) is 0 Å². The third-order valence-corrected chi connectivity index (χ3v) is 5.35. The Morgan fingerprint density at radius 3 is 2.50 bits per heavy atom. The molecule has 0 fully saturated rings. The van der Waals surface area contributed by atoms with Gasteiger partial charge in [0.1, 0.15) is 0 Å². The Labute approximate surface area is 176 Å². The zero-order valence-corrected chi connectivity index (χ0v) is 17.4. The lowest BCUT2D eigenvalue weighted by Gasteiger charge is -2.12. The standard InChI is InChI=1S/C21H19N3O5S/c1-26-17-8-12(9-18(27-2)19(17)28-3)20-23-24-21(29-20)30-11-16(25)14-10-22-15-7-5-4-6-13(14)15/h4-10,22H,11H2,1-3H3. The smallest absolute Gasteiger partial charge is 0.277 e. The minimum atomic E-state index is -0.0232. The van der Waals surface area contributed by atoms with E-state index >= 15 is 0 Å². The summed E-state index contributed by atoms with van der Waals surface area (Å²) < 4.78 is 21.8. The largest absolute Gasteiger partial charge is 0.493 e. The summed E-state index contributed by atoms with van der Waals surface area (Å²) >= 11 is 1.19. The van der Waals surface area contributed by atoms with E-state index in [1.165, 1.54) is 33.1 Å². The number of methoxy groups -OCH3 is 3. The van der Waals surface area contributed by atoms with Crippen LogP contribution in [0.5, 0.6) is 17.2 Å². The Morgan fingerprint density at radius 2 is 1.80 bits per heavy atom. The van der Waals surface area contributed by atoms with Gasteiger partial charge in [0.25, 0.3) is 5.22 Å². The van der Waals surface area contributed by atoms with E-state index in [2.05, 4.69) is 15.2 Å². The summed E-state index contributed by atoms with van der Waals surface area (Å²) in [6.07, 6.45) is 1.72. The molecule has 4 aromatic rings. The van der Waals surface area contributed by atoms with Crippen molar-refractivity contribution in [1.29, 1.82) is 0 Å². The number of H-pyrrole nitrogens is 1. The predicted molar refractivity (Wildman–Crippen MR) is 113 cm³/mol. The summed E-state index contributed by atoms with van der Waals surface area (Å²) in [5.74, 6) is 1.88.